The number of anilines is 2. The molecule has 2 aromatic carbocycles. The van der Waals surface area contributed by atoms with Crippen molar-refractivity contribution in [3.63, 3.8) is 0 Å². The molecule has 0 fully saturated rings. The van der Waals surface area contributed by atoms with Gasteiger partial charge in [-0.2, -0.15) is 5.26 Å². The maximum Gasteiger partial charge on any atom is 0.126 e. The number of nitrogens with two attached hydrogens (primary N) is 1. The van der Waals surface area contributed by atoms with Gasteiger partial charge in [-0.25, -0.2) is 4.98 Å². The van der Waals surface area contributed by atoms with Crippen LogP contribution in [-0.4, -0.2) is 17.0 Å². The third-order valence-electron chi connectivity index (χ3n) is 3.38. The van der Waals surface area contributed by atoms with Crippen LogP contribution < -0.4 is 10.6 Å². The maximum absolute atomic E-state index is 9.16. The zero-order chi connectivity index (χ0) is 14.8. The highest BCUT2D eigenvalue weighted by molar-refractivity contribution is 5.78. The number of nitrogens with zero attached hydrogens (tertiary/aromatic N) is 3. The first-order valence-electron chi connectivity index (χ1n) is 6.62. The van der Waals surface area contributed by atoms with E-state index in [2.05, 4.69) is 16.0 Å². The Balaban J connectivity index is 1.89. The van der Waals surface area contributed by atoms with Crippen LogP contribution >= 0.6 is 0 Å². The second-order valence-corrected chi connectivity index (χ2v) is 4.95. The molecule has 0 aliphatic rings. The molecule has 0 aliphatic heterocycles. The number of H-pyrrole nitrogens is 1. The fraction of sp³-hybridized carbons (Fsp3) is 0.125. The van der Waals surface area contributed by atoms with Crippen molar-refractivity contribution in [3.8, 4) is 6.07 Å². The van der Waals surface area contributed by atoms with Crippen LogP contribution in [0.25, 0.3) is 11.0 Å². The summed E-state index contributed by atoms with van der Waals surface area (Å²) < 4.78 is 0. The van der Waals surface area contributed by atoms with E-state index in [9.17, 15) is 0 Å². The largest absolute Gasteiger partial charge is 0.399 e. The summed E-state index contributed by atoms with van der Waals surface area (Å²) in [6.45, 7) is 0.591. The Bertz CT molecular complexity index is 828. The number of imidazole rings is 1. The van der Waals surface area contributed by atoms with Gasteiger partial charge in [-0.1, -0.05) is 12.1 Å². The van der Waals surface area contributed by atoms with Gasteiger partial charge in [0.1, 0.15) is 11.9 Å². The number of hydrogen-bond acceptors (Lipinski definition) is 4. The smallest absolute Gasteiger partial charge is 0.126 e. The quantitative estimate of drug-likeness (QED) is 0.721. The molecule has 3 N–H and O–H groups in total. The number of nitrogen functional groups attached to an aromatic ring is 1. The van der Waals surface area contributed by atoms with Crippen LogP contribution in [0.3, 0.4) is 0 Å². The van der Waals surface area contributed by atoms with E-state index >= 15 is 0 Å². The predicted molar refractivity (Wildman–Crippen MR) is 83.8 cm³/mol. The van der Waals surface area contributed by atoms with Crippen LogP contribution in [0.1, 0.15) is 11.4 Å². The van der Waals surface area contributed by atoms with Crippen molar-refractivity contribution < 1.29 is 0 Å². The molecule has 0 spiro atoms. The molecule has 0 saturated carbocycles. The standard InChI is InChI=1S/C16H15N5/c1-21(15-5-3-2-4-11(15)9-17)10-16-19-13-7-6-12(18)8-14(13)20-16/h2-8H,10,18H2,1H3,(H,19,20). The van der Waals surface area contributed by atoms with Gasteiger partial charge in [0.15, 0.2) is 0 Å². The lowest BCUT2D eigenvalue weighted by atomic mass is 10.2. The van der Waals surface area contributed by atoms with E-state index in [0.29, 0.717) is 17.8 Å². The molecule has 5 heteroatoms. The lowest BCUT2D eigenvalue weighted by molar-refractivity contribution is 0.863. The minimum Gasteiger partial charge on any atom is -0.399 e. The molecule has 1 aromatic heterocycles. The van der Waals surface area contributed by atoms with Crippen molar-refractivity contribution in [1.29, 1.82) is 5.26 Å². The van der Waals surface area contributed by atoms with Crippen molar-refractivity contribution in [3.05, 3.63) is 53.9 Å². The number of fused-ring (bicyclic) bond motifs is 1. The second-order valence-electron chi connectivity index (χ2n) is 4.95. The molecule has 1 heterocycles. The van der Waals surface area contributed by atoms with Crippen LogP contribution in [0.5, 0.6) is 0 Å². The van der Waals surface area contributed by atoms with E-state index < -0.39 is 0 Å². The van der Waals surface area contributed by atoms with Gasteiger partial charge in [-0.05, 0) is 30.3 Å². The molecule has 3 rings (SSSR count). The average molecular weight is 277 g/mol. The highest BCUT2D eigenvalue weighted by Crippen LogP contribution is 2.21. The molecule has 0 atom stereocenters. The Kier molecular flexibility index (Phi) is 3.20. The van der Waals surface area contributed by atoms with E-state index in [4.69, 9.17) is 11.0 Å². The third-order valence-corrected chi connectivity index (χ3v) is 3.38. The maximum atomic E-state index is 9.16. The SMILES string of the molecule is CN(Cc1nc2ccc(N)cc2[nH]1)c1ccccc1C#N. The minimum absolute atomic E-state index is 0.591. The van der Waals surface area contributed by atoms with Crippen LogP contribution in [0.4, 0.5) is 11.4 Å². The molecule has 0 radical (unpaired) electrons. The van der Waals surface area contributed by atoms with Gasteiger partial charge in [-0.3, -0.25) is 0 Å². The van der Waals surface area contributed by atoms with Gasteiger partial charge >= 0.3 is 0 Å². The highest BCUT2D eigenvalue weighted by atomic mass is 15.1. The monoisotopic (exact) mass is 277 g/mol. The Morgan fingerprint density at radius 1 is 1.29 bits per heavy atom. The zero-order valence-electron chi connectivity index (χ0n) is 11.7. The lowest BCUT2D eigenvalue weighted by Gasteiger charge is -2.18. The van der Waals surface area contributed by atoms with Crippen molar-refractivity contribution in [2.45, 2.75) is 6.54 Å². The fourth-order valence-electron chi connectivity index (χ4n) is 2.37. The van der Waals surface area contributed by atoms with Crippen LogP contribution in [0, 0.1) is 11.3 Å². The zero-order valence-corrected chi connectivity index (χ0v) is 11.7. The normalized spacial score (nSPS) is 10.5. The summed E-state index contributed by atoms with van der Waals surface area (Å²) in [5, 5.41) is 9.16. The number of aromatic nitrogens is 2. The Hall–Kier alpha value is -3.00. The molecule has 104 valence electrons. The Morgan fingerprint density at radius 2 is 2.10 bits per heavy atom. The number of rotatable bonds is 3. The Morgan fingerprint density at radius 3 is 2.90 bits per heavy atom. The lowest BCUT2D eigenvalue weighted by Crippen LogP contribution is -2.18. The molecule has 0 unspecified atom stereocenters. The molecular weight excluding hydrogens is 262 g/mol. The number of nitrogens with one attached hydrogen (secondary N) is 1. The van der Waals surface area contributed by atoms with Crippen LogP contribution in [-0.2, 0) is 6.54 Å². The Labute approximate surface area is 122 Å². The molecule has 3 aromatic rings. The summed E-state index contributed by atoms with van der Waals surface area (Å²) in [5.74, 6) is 0.839. The van der Waals surface area contributed by atoms with E-state index in [1.54, 1.807) is 0 Å². The molecule has 0 saturated heterocycles. The highest BCUT2D eigenvalue weighted by Gasteiger charge is 2.10. The van der Waals surface area contributed by atoms with Crippen molar-refractivity contribution in [1.82, 2.24) is 9.97 Å². The summed E-state index contributed by atoms with van der Waals surface area (Å²) >= 11 is 0. The van der Waals surface area contributed by atoms with Crippen molar-refractivity contribution in [2.75, 3.05) is 17.7 Å². The first-order valence-corrected chi connectivity index (χ1v) is 6.62. The second kappa shape index (κ2) is 5.17. The van der Waals surface area contributed by atoms with Gasteiger partial charge in [-0.15, -0.1) is 0 Å². The van der Waals surface area contributed by atoms with E-state index in [-0.39, 0.29) is 0 Å². The minimum atomic E-state index is 0.591. The van der Waals surface area contributed by atoms with Gasteiger partial charge < -0.3 is 15.6 Å². The third kappa shape index (κ3) is 2.51. The van der Waals surface area contributed by atoms with Crippen molar-refractivity contribution in [2.24, 2.45) is 0 Å². The molecule has 0 amide bonds. The average Bonchev–Trinajstić information content (AvgIpc) is 2.88. The summed E-state index contributed by atoms with van der Waals surface area (Å²) in [6.07, 6.45) is 0. The number of hydrogen-bond donors (Lipinski definition) is 2. The number of para-hydroxylation sites is 1. The summed E-state index contributed by atoms with van der Waals surface area (Å²) in [5.41, 5.74) is 9.83. The van der Waals surface area contributed by atoms with Crippen LogP contribution in [0.2, 0.25) is 0 Å². The molecule has 5 nitrogen and oxygen atoms in total. The van der Waals surface area contributed by atoms with Gasteiger partial charge in [0.05, 0.1) is 28.8 Å². The molecule has 0 bridgehead atoms. The van der Waals surface area contributed by atoms with Gasteiger partial charge in [0.25, 0.3) is 0 Å². The topological polar surface area (TPSA) is 81.7 Å². The molecule has 0 aliphatic carbocycles. The van der Waals surface area contributed by atoms with Crippen LogP contribution in [0.15, 0.2) is 42.5 Å². The summed E-state index contributed by atoms with van der Waals surface area (Å²) in [6, 6.07) is 15.3. The van der Waals surface area contributed by atoms with Gasteiger partial charge in [0.2, 0.25) is 0 Å². The molecule has 21 heavy (non-hydrogen) atoms. The first-order chi connectivity index (χ1) is 10.2. The van der Waals surface area contributed by atoms with Crippen molar-refractivity contribution >= 4 is 22.4 Å². The summed E-state index contributed by atoms with van der Waals surface area (Å²) in [7, 11) is 1.94. The number of nitriles is 1. The van der Waals surface area contributed by atoms with E-state index in [0.717, 1.165) is 22.5 Å². The number of aromatic amines is 1. The van der Waals surface area contributed by atoms with E-state index in [1.807, 2.05) is 54.4 Å². The number of benzene rings is 2. The summed E-state index contributed by atoms with van der Waals surface area (Å²) in [4.78, 5) is 9.80. The molecular formula is C16H15N5. The van der Waals surface area contributed by atoms with Gasteiger partial charge in [0, 0.05) is 12.7 Å². The predicted octanol–water partition coefficient (Wildman–Crippen LogP) is 2.65. The van der Waals surface area contributed by atoms with E-state index in [1.165, 1.54) is 0 Å². The fourth-order valence-corrected chi connectivity index (χ4v) is 2.37. The first kappa shape index (κ1) is 13.0.